The Morgan fingerprint density at radius 1 is 1.24 bits per heavy atom. The van der Waals surface area contributed by atoms with Crippen LogP contribution in [-0.4, -0.2) is 46.6 Å². The molecule has 9 heteroatoms. The molecule has 2 aromatic carbocycles. The molecule has 0 radical (unpaired) electrons. The minimum absolute atomic E-state index is 0.0279. The maximum atomic E-state index is 15.0. The highest BCUT2D eigenvalue weighted by Gasteiger charge is 2.50. The SMILES string of the molecule is [C-]#[N+]c1ccc(N2C(=O)C(C)(C)N(c3ccc(OC4CCN(C(C)=O)C4)c(F)c3)C2=S)cc1C. The highest BCUT2D eigenvalue weighted by molar-refractivity contribution is 7.81. The molecule has 2 aliphatic heterocycles. The Hall–Kier alpha value is -3.51. The molecular weight excluding hydrogens is 455 g/mol. The molecule has 0 aliphatic carbocycles. The van der Waals surface area contributed by atoms with Crippen molar-refractivity contribution >= 4 is 46.2 Å². The van der Waals surface area contributed by atoms with Crippen molar-refractivity contribution in [1.82, 2.24) is 4.90 Å². The first-order valence-corrected chi connectivity index (χ1v) is 11.3. The Kier molecular flexibility index (Phi) is 6.04. The van der Waals surface area contributed by atoms with E-state index in [1.807, 2.05) is 0 Å². The number of anilines is 2. The fourth-order valence-electron chi connectivity index (χ4n) is 4.37. The van der Waals surface area contributed by atoms with Crippen LogP contribution in [-0.2, 0) is 9.59 Å². The second kappa shape index (κ2) is 8.69. The van der Waals surface area contributed by atoms with E-state index in [2.05, 4.69) is 4.85 Å². The van der Waals surface area contributed by atoms with Crippen LogP contribution in [0.15, 0.2) is 36.4 Å². The molecule has 1 atom stereocenters. The summed E-state index contributed by atoms with van der Waals surface area (Å²) in [4.78, 5) is 33.1. The van der Waals surface area contributed by atoms with E-state index in [-0.39, 0.29) is 28.8 Å². The number of thiocarbonyl (C=S) groups is 1. The van der Waals surface area contributed by atoms with Crippen LogP contribution in [0, 0.1) is 19.3 Å². The van der Waals surface area contributed by atoms with Gasteiger partial charge in [0.1, 0.15) is 11.6 Å². The molecule has 7 nitrogen and oxygen atoms in total. The Morgan fingerprint density at radius 3 is 2.53 bits per heavy atom. The topological polar surface area (TPSA) is 57.5 Å². The van der Waals surface area contributed by atoms with Gasteiger partial charge in [0, 0.05) is 37.3 Å². The fourth-order valence-corrected chi connectivity index (χ4v) is 4.90. The standard InChI is InChI=1S/C25H25FN4O3S/c1-15-12-17(6-8-21(15)27-5)29-23(32)25(3,4)30(24(29)34)18-7-9-22(20(26)13-18)33-19-10-11-28(14-19)16(2)31/h6-9,12-13,19H,10-11,14H2,1-4H3. The summed E-state index contributed by atoms with van der Waals surface area (Å²) >= 11 is 5.67. The molecule has 0 spiro atoms. The van der Waals surface area contributed by atoms with Gasteiger partial charge in [-0.3, -0.25) is 14.5 Å². The van der Waals surface area contributed by atoms with Crippen molar-refractivity contribution in [1.29, 1.82) is 0 Å². The Morgan fingerprint density at radius 2 is 1.94 bits per heavy atom. The van der Waals surface area contributed by atoms with Gasteiger partial charge in [0.25, 0.3) is 5.91 Å². The van der Waals surface area contributed by atoms with E-state index >= 15 is 4.39 Å². The molecule has 0 bridgehead atoms. The van der Waals surface area contributed by atoms with Crippen LogP contribution in [0.1, 0.15) is 32.8 Å². The molecule has 2 amide bonds. The average Bonchev–Trinajstić information content (AvgIpc) is 3.31. The number of amides is 2. The summed E-state index contributed by atoms with van der Waals surface area (Å²) in [6.45, 7) is 15.0. The van der Waals surface area contributed by atoms with Gasteiger partial charge in [-0.15, -0.1) is 0 Å². The number of hydrogen-bond acceptors (Lipinski definition) is 4. The van der Waals surface area contributed by atoms with Gasteiger partial charge in [-0.1, -0.05) is 6.07 Å². The lowest BCUT2D eigenvalue weighted by molar-refractivity contribution is -0.128. The third-order valence-corrected chi connectivity index (χ3v) is 6.65. The van der Waals surface area contributed by atoms with Crippen molar-refractivity contribution in [2.24, 2.45) is 0 Å². The summed E-state index contributed by atoms with van der Waals surface area (Å²) in [6.07, 6.45) is 0.367. The van der Waals surface area contributed by atoms with Gasteiger partial charge >= 0.3 is 0 Å². The van der Waals surface area contributed by atoms with Crippen LogP contribution in [0.2, 0.25) is 0 Å². The first-order chi connectivity index (χ1) is 16.0. The normalized spacial score (nSPS) is 19.5. The lowest BCUT2D eigenvalue weighted by Crippen LogP contribution is -2.44. The van der Waals surface area contributed by atoms with E-state index in [1.54, 1.807) is 54.8 Å². The van der Waals surface area contributed by atoms with Crippen molar-refractivity contribution in [3.8, 4) is 5.75 Å². The van der Waals surface area contributed by atoms with Gasteiger partial charge in [0.2, 0.25) is 5.91 Å². The van der Waals surface area contributed by atoms with Crippen molar-refractivity contribution in [2.45, 2.75) is 45.8 Å². The molecule has 0 saturated carbocycles. The van der Waals surface area contributed by atoms with E-state index in [9.17, 15) is 9.59 Å². The summed E-state index contributed by atoms with van der Waals surface area (Å²) in [5.41, 5.74) is 1.19. The van der Waals surface area contributed by atoms with Gasteiger partial charge in [0.15, 0.2) is 22.4 Å². The number of carbonyl (C=O) groups excluding carboxylic acids is 2. The van der Waals surface area contributed by atoms with Gasteiger partial charge in [-0.05, 0) is 62.8 Å². The number of ether oxygens (including phenoxy) is 1. The fraction of sp³-hybridized carbons (Fsp3) is 0.360. The molecule has 2 aliphatic rings. The summed E-state index contributed by atoms with van der Waals surface area (Å²) in [5.74, 6) is -0.751. The molecule has 2 saturated heterocycles. The maximum Gasteiger partial charge on any atom is 0.259 e. The highest BCUT2D eigenvalue weighted by Crippen LogP contribution is 2.38. The number of likely N-dealkylation sites (tertiary alicyclic amines) is 1. The van der Waals surface area contributed by atoms with Gasteiger partial charge in [0.05, 0.1) is 13.1 Å². The summed E-state index contributed by atoms with van der Waals surface area (Å²) in [5, 5.41) is 0.228. The van der Waals surface area contributed by atoms with Crippen LogP contribution >= 0.6 is 12.2 Å². The van der Waals surface area contributed by atoms with Crippen LogP contribution in [0.3, 0.4) is 0 Å². The third-order valence-electron chi connectivity index (χ3n) is 6.28. The lowest BCUT2D eigenvalue weighted by Gasteiger charge is -2.29. The molecule has 0 aromatic heterocycles. The Bertz CT molecular complexity index is 1240. The van der Waals surface area contributed by atoms with Crippen LogP contribution in [0.25, 0.3) is 4.85 Å². The van der Waals surface area contributed by atoms with Crippen molar-refractivity contribution in [3.63, 3.8) is 0 Å². The zero-order valence-electron chi connectivity index (χ0n) is 19.5. The second-order valence-corrected chi connectivity index (χ2v) is 9.37. The monoisotopic (exact) mass is 480 g/mol. The van der Waals surface area contributed by atoms with Gasteiger partial charge < -0.3 is 14.5 Å². The second-order valence-electron chi connectivity index (χ2n) is 9.01. The number of hydrogen-bond donors (Lipinski definition) is 0. The van der Waals surface area contributed by atoms with Crippen LogP contribution in [0.5, 0.6) is 5.75 Å². The molecule has 2 heterocycles. The zero-order chi connectivity index (χ0) is 24.8. The summed E-state index contributed by atoms with van der Waals surface area (Å²) in [7, 11) is 0. The van der Waals surface area contributed by atoms with Crippen molar-refractivity contribution in [2.75, 3.05) is 22.9 Å². The number of benzene rings is 2. The highest BCUT2D eigenvalue weighted by atomic mass is 32.1. The number of carbonyl (C=O) groups is 2. The smallest absolute Gasteiger partial charge is 0.259 e. The zero-order valence-corrected chi connectivity index (χ0v) is 20.3. The third kappa shape index (κ3) is 3.99. The van der Waals surface area contributed by atoms with E-state index in [0.29, 0.717) is 36.6 Å². The first kappa shape index (κ1) is 23.6. The minimum Gasteiger partial charge on any atom is -0.485 e. The number of nitrogens with zero attached hydrogens (tertiary/aromatic N) is 4. The molecule has 4 rings (SSSR count). The molecule has 2 fully saturated rings. The molecule has 2 aromatic rings. The lowest BCUT2D eigenvalue weighted by atomic mass is 10.0. The predicted octanol–water partition coefficient (Wildman–Crippen LogP) is 4.60. The molecular formula is C25H25FN4O3S. The average molecular weight is 481 g/mol. The minimum atomic E-state index is -1.05. The molecule has 1 unspecified atom stereocenters. The molecule has 176 valence electrons. The summed E-state index contributed by atoms with van der Waals surface area (Å²) in [6, 6.07) is 9.61. The molecule has 0 N–H and O–H groups in total. The summed E-state index contributed by atoms with van der Waals surface area (Å²) < 4.78 is 20.9. The Balaban J connectivity index is 1.60. The number of rotatable bonds is 4. The Labute approximate surface area is 203 Å². The number of halogens is 1. The largest absolute Gasteiger partial charge is 0.485 e. The van der Waals surface area contributed by atoms with Crippen molar-refractivity contribution < 1.29 is 18.7 Å². The van der Waals surface area contributed by atoms with Gasteiger partial charge in [-0.25, -0.2) is 9.24 Å². The quantitative estimate of drug-likeness (QED) is 0.473. The van der Waals surface area contributed by atoms with E-state index in [1.165, 1.54) is 24.0 Å². The first-order valence-electron chi connectivity index (χ1n) is 10.9. The van der Waals surface area contributed by atoms with E-state index < -0.39 is 11.4 Å². The molecule has 34 heavy (non-hydrogen) atoms. The van der Waals surface area contributed by atoms with Crippen molar-refractivity contribution in [3.05, 3.63) is 59.2 Å². The predicted molar refractivity (Wildman–Crippen MR) is 132 cm³/mol. The van der Waals surface area contributed by atoms with E-state index in [0.717, 1.165) is 5.56 Å². The van der Waals surface area contributed by atoms with E-state index in [4.69, 9.17) is 23.5 Å². The van der Waals surface area contributed by atoms with Crippen LogP contribution < -0.4 is 14.5 Å². The van der Waals surface area contributed by atoms with Gasteiger partial charge in [-0.2, -0.15) is 0 Å². The maximum absolute atomic E-state index is 15.0. The number of aryl methyl sites for hydroxylation is 1. The van der Waals surface area contributed by atoms with Crippen LogP contribution in [0.4, 0.5) is 21.5 Å².